The number of nitrogens with one attached hydrogen (secondary N) is 2. The second-order valence-electron chi connectivity index (χ2n) is 7.40. The highest BCUT2D eigenvalue weighted by atomic mass is 16.2. The number of hydrogen-bond acceptors (Lipinski definition) is 2. The van der Waals surface area contributed by atoms with Crippen LogP contribution in [-0.4, -0.2) is 30.6 Å². The number of amides is 1. The molecule has 4 heteroatoms. The van der Waals surface area contributed by atoms with Crippen LogP contribution in [0, 0.1) is 23.2 Å². The highest BCUT2D eigenvalue weighted by Gasteiger charge is 2.38. The summed E-state index contributed by atoms with van der Waals surface area (Å²) in [6, 6.07) is 2.93. The van der Waals surface area contributed by atoms with Gasteiger partial charge in [0.2, 0.25) is 0 Å². The fraction of sp³-hybridized carbons (Fsp3) is 0.882. The Kier molecular flexibility index (Phi) is 5.27. The molecule has 0 bridgehead atoms. The normalized spacial score (nSPS) is 31.9. The average molecular weight is 292 g/mol. The lowest BCUT2D eigenvalue weighted by Gasteiger charge is -2.41. The number of quaternary nitrogens is 1. The summed E-state index contributed by atoms with van der Waals surface area (Å²) in [5.41, 5.74) is -0.752. The number of rotatable bonds is 4. The molecule has 2 rings (SSSR count). The summed E-state index contributed by atoms with van der Waals surface area (Å²) in [5.74, 6) is 0.974. The summed E-state index contributed by atoms with van der Waals surface area (Å²) >= 11 is 0. The van der Waals surface area contributed by atoms with E-state index in [1.165, 1.54) is 43.4 Å². The zero-order chi connectivity index (χ0) is 15.5. The van der Waals surface area contributed by atoms with Gasteiger partial charge in [0.15, 0.2) is 6.54 Å². The van der Waals surface area contributed by atoms with E-state index >= 15 is 0 Å². The maximum Gasteiger partial charge on any atom is 0.276 e. The number of piperidine rings is 1. The predicted molar refractivity (Wildman–Crippen MR) is 82.7 cm³/mol. The molecular formula is C17H30N3O+. The van der Waals surface area contributed by atoms with Crippen molar-refractivity contribution in [2.24, 2.45) is 11.8 Å². The summed E-state index contributed by atoms with van der Waals surface area (Å²) in [4.78, 5) is 13.8. The first kappa shape index (κ1) is 16.3. The number of hydrogen-bond donors (Lipinski definition) is 2. The van der Waals surface area contributed by atoms with Crippen LogP contribution >= 0.6 is 0 Å². The molecule has 0 aromatic rings. The van der Waals surface area contributed by atoms with Gasteiger partial charge in [-0.05, 0) is 44.9 Å². The molecule has 1 saturated heterocycles. The van der Waals surface area contributed by atoms with E-state index in [0.717, 1.165) is 12.5 Å². The number of carbonyl (C=O) groups is 1. The molecule has 0 spiro atoms. The molecule has 1 heterocycles. The lowest BCUT2D eigenvalue weighted by atomic mass is 9.78. The predicted octanol–water partition coefficient (Wildman–Crippen LogP) is 1.28. The third-order valence-corrected chi connectivity index (χ3v) is 5.68. The Hall–Kier alpha value is -1.08. The van der Waals surface area contributed by atoms with E-state index in [2.05, 4.69) is 11.4 Å². The van der Waals surface area contributed by atoms with Crippen LogP contribution in [-0.2, 0) is 4.79 Å². The van der Waals surface area contributed by atoms with Gasteiger partial charge in [-0.15, -0.1) is 0 Å². The van der Waals surface area contributed by atoms with Crippen LogP contribution in [0.25, 0.3) is 0 Å². The minimum atomic E-state index is -0.752. The number of carbonyl (C=O) groups excluding carboxylic acids is 1. The average Bonchev–Trinajstić information content (AvgIpc) is 2.47. The first-order chi connectivity index (χ1) is 9.96. The van der Waals surface area contributed by atoms with Crippen molar-refractivity contribution in [3.05, 3.63) is 0 Å². The standard InChI is InChI=1S/C17H29N3O/c1-13(2)17(3,12-18)19-16(21)11-20-10-6-8-14-7-4-5-9-15(14)20/h13-15H,4-11H2,1-3H3,(H,19,21)/p+1/t14-,15+,17+/m1/s1. The van der Waals surface area contributed by atoms with Gasteiger partial charge in [0.1, 0.15) is 5.54 Å². The quantitative estimate of drug-likeness (QED) is 0.820. The monoisotopic (exact) mass is 292 g/mol. The van der Waals surface area contributed by atoms with E-state index in [9.17, 15) is 10.1 Å². The van der Waals surface area contributed by atoms with Crippen LogP contribution in [0.2, 0.25) is 0 Å². The maximum atomic E-state index is 12.4. The lowest BCUT2D eigenvalue weighted by Crippen LogP contribution is -3.18. The first-order valence-electron chi connectivity index (χ1n) is 8.53. The molecule has 1 aliphatic carbocycles. The Morgan fingerprint density at radius 1 is 1.33 bits per heavy atom. The number of fused-ring (bicyclic) bond motifs is 1. The Labute approximate surface area is 128 Å². The van der Waals surface area contributed by atoms with Gasteiger partial charge in [-0.1, -0.05) is 20.3 Å². The molecule has 1 aliphatic heterocycles. The molecule has 118 valence electrons. The van der Waals surface area contributed by atoms with Gasteiger partial charge < -0.3 is 10.2 Å². The van der Waals surface area contributed by atoms with E-state index < -0.39 is 5.54 Å². The molecule has 2 N–H and O–H groups in total. The molecule has 21 heavy (non-hydrogen) atoms. The topological polar surface area (TPSA) is 57.3 Å². The Morgan fingerprint density at radius 2 is 2.00 bits per heavy atom. The van der Waals surface area contributed by atoms with Crippen molar-refractivity contribution in [1.29, 1.82) is 5.26 Å². The van der Waals surface area contributed by atoms with Crippen LogP contribution in [0.4, 0.5) is 0 Å². The number of nitrogens with zero attached hydrogens (tertiary/aromatic N) is 1. The van der Waals surface area contributed by atoms with Crippen molar-refractivity contribution in [3.63, 3.8) is 0 Å². The summed E-state index contributed by atoms with van der Waals surface area (Å²) in [5, 5.41) is 12.3. The molecule has 1 amide bonds. The largest absolute Gasteiger partial charge is 0.333 e. The van der Waals surface area contributed by atoms with E-state index in [1.54, 1.807) is 0 Å². The maximum absolute atomic E-state index is 12.4. The summed E-state index contributed by atoms with van der Waals surface area (Å²) < 4.78 is 0. The number of nitriles is 1. The molecular weight excluding hydrogens is 262 g/mol. The molecule has 2 fully saturated rings. The zero-order valence-corrected chi connectivity index (χ0v) is 13.7. The molecule has 2 aliphatic rings. The van der Waals surface area contributed by atoms with Crippen molar-refractivity contribution in [2.75, 3.05) is 13.1 Å². The van der Waals surface area contributed by atoms with Gasteiger partial charge in [0, 0.05) is 5.92 Å². The summed E-state index contributed by atoms with van der Waals surface area (Å²) in [6.45, 7) is 7.43. The van der Waals surface area contributed by atoms with Crippen molar-refractivity contribution in [2.45, 2.75) is 70.9 Å². The minimum Gasteiger partial charge on any atom is -0.333 e. The van der Waals surface area contributed by atoms with Gasteiger partial charge >= 0.3 is 0 Å². The minimum absolute atomic E-state index is 0.0361. The van der Waals surface area contributed by atoms with E-state index in [4.69, 9.17) is 0 Å². The molecule has 1 saturated carbocycles. The van der Waals surface area contributed by atoms with Crippen molar-refractivity contribution in [1.82, 2.24) is 5.32 Å². The molecule has 0 aromatic heterocycles. The highest BCUT2D eigenvalue weighted by molar-refractivity contribution is 5.78. The fourth-order valence-electron chi connectivity index (χ4n) is 3.93. The lowest BCUT2D eigenvalue weighted by molar-refractivity contribution is -0.928. The van der Waals surface area contributed by atoms with Crippen LogP contribution in [0.5, 0.6) is 0 Å². The van der Waals surface area contributed by atoms with Crippen LogP contribution in [0.3, 0.4) is 0 Å². The third-order valence-electron chi connectivity index (χ3n) is 5.68. The summed E-state index contributed by atoms with van der Waals surface area (Å²) in [6.07, 6.45) is 7.88. The second-order valence-corrected chi connectivity index (χ2v) is 7.40. The first-order valence-corrected chi connectivity index (χ1v) is 8.53. The van der Waals surface area contributed by atoms with Gasteiger partial charge in [-0.3, -0.25) is 4.79 Å². The zero-order valence-electron chi connectivity index (χ0n) is 13.7. The Bertz CT molecular complexity index is 413. The SMILES string of the molecule is CC(C)[C@](C)(C#N)NC(=O)C[NH+]1CCC[C@H]2CCCC[C@@H]21. The number of likely N-dealkylation sites (tertiary alicyclic amines) is 1. The van der Waals surface area contributed by atoms with Gasteiger partial charge in [-0.25, -0.2) is 0 Å². The Morgan fingerprint density at radius 3 is 2.67 bits per heavy atom. The van der Waals surface area contributed by atoms with Crippen LogP contribution < -0.4 is 10.2 Å². The van der Waals surface area contributed by atoms with E-state index in [-0.39, 0.29) is 11.8 Å². The highest BCUT2D eigenvalue weighted by Crippen LogP contribution is 2.28. The Balaban J connectivity index is 1.94. The molecule has 0 radical (unpaired) electrons. The van der Waals surface area contributed by atoms with E-state index in [1.807, 2.05) is 20.8 Å². The fourth-order valence-corrected chi connectivity index (χ4v) is 3.93. The van der Waals surface area contributed by atoms with Crippen LogP contribution in [0.1, 0.15) is 59.3 Å². The molecule has 4 atom stereocenters. The smallest absolute Gasteiger partial charge is 0.276 e. The molecule has 0 aromatic carbocycles. The van der Waals surface area contributed by atoms with Crippen molar-refractivity contribution >= 4 is 5.91 Å². The van der Waals surface area contributed by atoms with E-state index in [0.29, 0.717) is 12.6 Å². The third kappa shape index (κ3) is 3.77. The van der Waals surface area contributed by atoms with Gasteiger partial charge in [-0.2, -0.15) is 5.26 Å². The molecule has 4 nitrogen and oxygen atoms in total. The second kappa shape index (κ2) is 6.79. The van der Waals surface area contributed by atoms with Gasteiger partial charge in [0.25, 0.3) is 5.91 Å². The van der Waals surface area contributed by atoms with Crippen molar-refractivity contribution < 1.29 is 9.69 Å². The summed E-state index contributed by atoms with van der Waals surface area (Å²) in [7, 11) is 0. The molecule has 1 unspecified atom stereocenters. The van der Waals surface area contributed by atoms with Crippen molar-refractivity contribution in [3.8, 4) is 6.07 Å². The van der Waals surface area contributed by atoms with Crippen LogP contribution in [0.15, 0.2) is 0 Å². The van der Waals surface area contributed by atoms with Gasteiger partial charge in [0.05, 0.1) is 18.7 Å².